The SMILES string of the molecule is Cc1nc(C)c(-c2csc(Cc3ccc(COC(C(F)(F)F)C(F)(F)F)cn3)n2)s1. The van der Waals surface area contributed by atoms with Gasteiger partial charge in [-0.05, 0) is 25.5 Å². The largest absolute Gasteiger partial charge is 0.423 e. The van der Waals surface area contributed by atoms with Gasteiger partial charge in [-0.3, -0.25) is 4.98 Å². The molecule has 0 fully saturated rings. The van der Waals surface area contributed by atoms with Crippen LogP contribution in [0.15, 0.2) is 23.7 Å². The van der Waals surface area contributed by atoms with Crippen LogP contribution in [0.25, 0.3) is 10.6 Å². The molecular formula is C18H15F6N3OS2. The topological polar surface area (TPSA) is 47.9 Å². The van der Waals surface area contributed by atoms with E-state index in [-0.39, 0.29) is 5.56 Å². The molecule has 0 unspecified atom stereocenters. The zero-order valence-corrected chi connectivity index (χ0v) is 17.3. The number of aryl methyl sites for hydroxylation is 2. The van der Waals surface area contributed by atoms with Crippen molar-refractivity contribution < 1.29 is 31.1 Å². The Balaban J connectivity index is 1.63. The lowest BCUT2D eigenvalue weighted by atomic mass is 10.2. The van der Waals surface area contributed by atoms with E-state index in [0.717, 1.165) is 26.3 Å². The first kappa shape index (κ1) is 22.6. The van der Waals surface area contributed by atoms with E-state index in [1.165, 1.54) is 29.7 Å². The Morgan fingerprint density at radius 1 is 1.03 bits per heavy atom. The molecule has 3 heterocycles. The molecule has 0 aliphatic heterocycles. The molecule has 0 spiro atoms. The number of alkyl halides is 6. The zero-order chi connectivity index (χ0) is 22.1. The molecule has 3 rings (SSSR count). The highest BCUT2D eigenvalue weighted by Crippen LogP contribution is 2.36. The summed E-state index contributed by atoms with van der Waals surface area (Å²) in [7, 11) is 0. The fourth-order valence-corrected chi connectivity index (χ4v) is 4.38. The van der Waals surface area contributed by atoms with Gasteiger partial charge in [0.05, 0.1) is 32.9 Å². The molecule has 0 saturated heterocycles. The highest BCUT2D eigenvalue weighted by Gasteiger charge is 2.57. The number of thiazole rings is 2. The molecule has 0 saturated carbocycles. The van der Waals surface area contributed by atoms with Crippen LogP contribution in [0.4, 0.5) is 26.3 Å². The van der Waals surface area contributed by atoms with Gasteiger partial charge < -0.3 is 4.74 Å². The average Bonchev–Trinajstić information content (AvgIpc) is 3.20. The summed E-state index contributed by atoms with van der Waals surface area (Å²) < 4.78 is 79.1. The third-order valence-corrected chi connectivity index (χ3v) is 5.86. The van der Waals surface area contributed by atoms with Crippen LogP contribution in [0.5, 0.6) is 0 Å². The number of rotatable bonds is 6. The van der Waals surface area contributed by atoms with Crippen molar-refractivity contribution in [3.05, 3.63) is 50.7 Å². The van der Waals surface area contributed by atoms with Crippen molar-refractivity contribution in [1.29, 1.82) is 0 Å². The van der Waals surface area contributed by atoms with Crippen molar-refractivity contribution in [1.82, 2.24) is 15.0 Å². The van der Waals surface area contributed by atoms with Gasteiger partial charge in [0, 0.05) is 23.7 Å². The number of aromatic nitrogens is 3. The first-order valence-electron chi connectivity index (χ1n) is 8.51. The monoisotopic (exact) mass is 467 g/mol. The Labute approximate surface area is 175 Å². The Morgan fingerprint density at radius 3 is 2.27 bits per heavy atom. The summed E-state index contributed by atoms with van der Waals surface area (Å²) >= 11 is 2.98. The zero-order valence-electron chi connectivity index (χ0n) is 15.6. The van der Waals surface area contributed by atoms with E-state index in [9.17, 15) is 26.3 Å². The summed E-state index contributed by atoms with van der Waals surface area (Å²) in [6.45, 7) is 2.96. The Hall–Kier alpha value is -2.05. The third kappa shape index (κ3) is 5.55. The van der Waals surface area contributed by atoms with Gasteiger partial charge in [0.1, 0.15) is 0 Å². The summed E-state index contributed by atoms with van der Waals surface area (Å²) in [5.41, 5.74) is 2.40. The van der Waals surface area contributed by atoms with Crippen molar-refractivity contribution >= 4 is 22.7 Å². The molecular weight excluding hydrogens is 452 g/mol. The maximum absolute atomic E-state index is 12.5. The molecule has 0 atom stereocenters. The third-order valence-electron chi connectivity index (χ3n) is 3.92. The Bertz CT molecular complexity index is 981. The van der Waals surface area contributed by atoms with Gasteiger partial charge in [0.2, 0.25) is 6.10 Å². The molecule has 30 heavy (non-hydrogen) atoms. The summed E-state index contributed by atoms with van der Waals surface area (Å²) in [6, 6.07) is 2.91. The predicted octanol–water partition coefficient (Wildman–Crippen LogP) is 5.88. The van der Waals surface area contributed by atoms with Crippen molar-refractivity contribution in [3.8, 4) is 10.6 Å². The predicted molar refractivity (Wildman–Crippen MR) is 100 cm³/mol. The summed E-state index contributed by atoms with van der Waals surface area (Å²) in [6.07, 6.45) is -13.3. The summed E-state index contributed by atoms with van der Waals surface area (Å²) in [5.74, 6) is 0. The van der Waals surface area contributed by atoms with E-state index in [1.54, 1.807) is 11.3 Å². The van der Waals surface area contributed by atoms with E-state index in [4.69, 9.17) is 0 Å². The Kier molecular flexibility index (Phi) is 6.48. The number of hydrogen-bond acceptors (Lipinski definition) is 6. The molecule has 162 valence electrons. The minimum absolute atomic E-state index is 0.104. The molecule has 3 aromatic heterocycles. The molecule has 0 radical (unpaired) electrons. The molecule has 4 nitrogen and oxygen atoms in total. The number of ether oxygens (including phenoxy) is 1. The molecule has 0 aliphatic rings. The van der Waals surface area contributed by atoms with Crippen LogP contribution in [0, 0.1) is 13.8 Å². The molecule has 0 amide bonds. The van der Waals surface area contributed by atoms with Gasteiger partial charge in [0.15, 0.2) is 0 Å². The molecule has 3 aromatic rings. The van der Waals surface area contributed by atoms with Crippen LogP contribution >= 0.6 is 22.7 Å². The van der Waals surface area contributed by atoms with Gasteiger partial charge in [-0.25, -0.2) is 9.97 Å². The first-order valence-corrected chi connectivity index (χ1v) is 10.2. The van der Waals surface area contributed by atoms with Gasteiger partial charge >= 0.3 is 12.4 Å². The summed E-state index contributed by atoms with van der Waals surface area (Å²) in [5, 5.41) is 3.63. The van der Waals surface area contributed by atoms with Crippen molar-refractivity contribution in [3.63, 3.8) is 0 Å². The minimum Gasteiger partial charge on any atom is -0.356 e. The van der Waals surface area contributed by atoms with Crippen LogP contribution in [0.3, 0.4) is 0 Å². The fourth-order valence-electron chi connectivity index (χ4n) is 2.62. The quantitative estimate of drug-likeness (QED) is 0.425. The maximum Gasteiger partial charge on any atom is 0.423 e. The lowest BCUT2D eigenvalue weighted by Gasteiger charge is -2.23. The second-order valence-corrected chi connectivity index (χ2v) is 8.53. The second-order valence-electron chi connectivity index (χ2n) is 6.38. The lowest BCUT2D eigenvalue weighted by molar-refractivity contribution is -0.324. The number of nitrogens with zero attached hydrogens (tertiary/aromatic N) is 3. The first-order chi connectivity index (χ1) is 13.9. The minimum atomic E-state index is -5.54. The van der Waals surface area contributed by atoms with E-state index in [1.807, 2.05) is 19.2 Å². The standard InChI is InChI=1S/C18H15F6N3OS2/c1-9-15(30-10(2)26-9)13-8-29-14(27-13)5-12-4-3-11(6-25-12)7-28-16(17(19,20)21)18(22,23)24/h3-4,6,8,16H,5,7H2,1-2H3. The highest BCUT2D eigenvalue weighted by molar-refractivity contribution is 7.15. The second kappa shape index (κ2) is 8.60. The van der Waals surface area contributed by atoms with Gasteiger partial charge in [-0.15, -0.1) is 22.7 Å². The highest BCUT2D eigenvalue weighted by atomic mass is 32.1. The van der Waals surface area contributed by atoms with Gasteiger partial charge in [-0.1, -0.05) is 6.07 Å². The maximum atomic E-state index is 12.5. The van der Waals surface area contributed by atoms with Crippen LogP contribution < -0.4 is 0 Å². The van der Waals surface area contributed by atoms with Crippen molar-refractivity contribution in [2.24, 2.45) is 0 Å². The lowest BCUT2D eigenvalue weighted by Crippen LogP contribution is -2.44. The van der Waals surface area contributed by atoms with E-state index < -0.39 is 25.1 Å². The molecule has 12 heteroatoms. The number of halogens is 6. The smallest absolute Gasteiger partial charge is 0.356 e. The van der Waals surface area contributed by atoms with Crippen LogP contribution in [0.1, 0.15) is 27.0 Å². The van der Waals surface area contributed by atoms with Gasteiger partial charge in [-0.2, -0.15) is 26.3 Å². The van der Waals surface area contributed by atoms with Gasteiger partial charge in [0.25, 0.3) is 0 Å². The molecule has 0 N–H and O–H groups in total. The van der Waals surface area contributed by atoms with Crippen LogP contribution in [-0.2, 0) is 17.8 Å². The molecule has 0 aliphatic carbocycles. The fraction of sp³-hybridized carbons (Fsp3) is 0.389. The average molecular weight is 467 g/mol. The van der Waals surface area contributed by atoms with Crippen LogP contribution in [0.2, 0.25) is 0 Å². The van der Waals surface area contributed by atoms with E-state index >= 15 is 0 Å². The molecule has 0 aromatic carbocycles. The van der Waals surface area contributed by atoms with Crippen molar-refractivity contribution in [2.45, 2.75) is 45.3 Å². The Morgan fingerprint density at radius 2 is 1.73 bits per heavy atom. The number of pyridine rings is 1. The molecule has 0 bridgehead atoms. The van der Waals surface area contributed by atoms with Crippen molar-refractivity contribution in [2.75, 3.05) is 0 Å². The van der Waals surface area contributed by atoms with E-state index in [0.29, 0.717) is 12.1 Å². The number of hydrogen-bond donors (Lipinski definition) is 0. The van der Waals surface area contributed by atoms with E-state index in [2.05, 4.69) is 19.7 Å². The summed E-state index contributed by atoms with van der Waals surface area (Å²) in [4.78, 5) is 14.0. The van der Waals surface area contributed by atoms with Crippen LogP contribution in [-0.4, -0.2) is 33.4 Å². The normalized spacial score (nSPS) is 12.7.